The van der Waals surface area contributed by atoms with Gasteiger partial charge < -0.3 is 9.47 Å². The molecule has 0 unspecified atom stereocenters. The van der Waals surface area contributed by atoms with Crippen LogP contribution in [-0.2, 0) is 9.47 Å². The Morgan fingerprint density at radius 3 is 2.43 bits per heavy atom. The summed E-state index contributed by atoms with van der Waals surface area (Å²) in [4.78, 5) is 0. The lowest BCUT2D eigenvalue weighted by Crippen LogP contribution is -2.47. The highest BCUT2D eigenvalue weighted by Crippen LogP contribution is 2.45. The summed E-state index contributed by atoms with van der Waals surface area (Å²) in [5.74, 6) is -0.532. The number of halogens is 4. The Balaban J connectivity index is 2.35. The fraction of sp³-hybridized carbons (Fsp3) is 0.500. The van der Waals surface area contributed by atoms with Gasteiger partial charge in [-0.3, -0.25) is 0 Å². The SMILES string of the molecule is FC1(F)OC2=C(CCC=C2)OC1(F)F. The first-order valence-electron chi connectivity index (χ1n) is 3.96. The van der Waals surface area contributed by atoms with Crippen LogP contribution in [0.1, 0.15) is 12.8 Å². The maximum Gasteiger partial charge on any atom is 0.507 e. The first kappa shape index (κ1) is 9.36. The fourth-order valence-corrected chi connectivity index (χ4v) is 1.22. The Kier molecular flexibility index (Phi) is 1.77. The molecule has 1 aliphatic heterocycles. The quantitative estimate of drug-likeness (QED) is 0.572. The fourth-order valence-electron chi connectivity index (χ4n) is 1.22. The standard InChI is InChI=1S/C8H6F4O2/c9-7(10)8(11,12)14-6-4-2-1-3-5(6)13-7/h1,3H,2,4H2. The highest BCUT2D eigenvalue weighted by molar-refractivity contribution is 5.23. The smallest absolute Gasteiger partial charge is 0.426 e. The summed E-state index contributed by atoms with van der Waals surface area (Å²) in [7, 11) is 0. The minimum absolute atomic E-state index is 0.150. The molecule has 2 aliphatic rings. The minimum Gasteiger partial charge on any atom is -0.426 e. The monoisotopic (exact) mass is 210 g/mol. The van der Waals surface area contributed by atoms with Crippen LogP contribution in [0.4, 0.5) is 17.6 Å². The van der Waals surface area contributed by atoms with Gasteiger partial charge in [-0.25, -0.2) is 0 Å². The van der Waals surface area contributed by atoms with Crippen molar-refractivity contribution in [3.63, 3.8) is 0 Å². The molecule has 0 atom stereocenters. The summed E-state index contributed by atoms with van der Waals surface area (Å²) >= 11 is 0. The third kappa shape index (κ3) is 1.25. The number of hydrogen-bond donors (Lipinski definition) is 0. The maximum absolute atomic E-state index is 12.6. The van der Waals surface area contributed by atoms with Crippen molar-refractivity contribution in [3.8, 4) is 0 Å². The van der Waals surface area contributed by atoms with E-state index in [1.807, 2.05) is 0 Å². The number of ether oxygens (including phenoxy) is 2. The lowest BCUT2D eigenvalue weighted by Gasteiger charge is -2.33. The second kappa shape index (κ2) is 2.65. The van der Waals surface area contributed by atoms with E-state index in [1.165, 1.54) is 6.08 Å². The maximum atomic E-state index is 12.6. The second-order valence-corrected chi connectivity index (χ2v) is 2.97. The average molecular weight is 210 g/mol. The molecule has 0 amide bonds. The van der Waals surface area contributed by atoms with Gasteiger partial charge >= 0.3 is 12.2 Å². The first-order valence-corrected chi connectivity index (χ1v) is 3.96. The largest absolute Gasteiger partial charge is 0.507 e. The van der Waals surface area contributed by atoms with Gasteiger partial charge in [0.2, 0.25) is 0 Å². The molecule has 0 N–H and O–H groups in total. The Labute approximate surface area is 76.8 Å². The third-order valence-electron chi connectivity index (χ3n) is 1.91. The zero-order chi connectivity index (χ0) is 10.4. The highest BCUT2D eigenvalue weighted by Gasteiger charge is 2.66. The Morgan fingerprint density at radius 1 is 1.07 bits per heavy atom. The molecule has 0 saturated carbocycles. The van der Waals surface area contributed by atoms with Gasteiger partial charge in [0.25, 0.3) is 0 Å². The van der Waals surface area contributed by atoms with E-state index in [0.29, 0.717) is 6.42 Å². The van der Waals surface area contributed by atoms with Crippen LogP contribution >= 0.6 is 0 Å². The summed E-state index contributed by atoms with van der Waals surface area (Å²) in [6.07, 6.45) is -5.80. The summed E-state index contributed by atoms with van der Waals surface area (Å²) in [5.41, 5.74) is 0. The zero-order valence-electron chi connectivity index (χ0n) is 6.90. The zero-order valence-corrected chi connectivity index (χ0v) is 6.90. The van der Waals surface area contributed by atoms with E-state index >= 15 is 0 Å². The molecule has 0 spiro atoms. The molecule has 0 fully saturated rings. The van der Waals surface area contributed by atoms with E-state index in [4.69, 9.17) is 0 Å². The summed E-state index contributed by atoms with van der Waals surface area (Å²) in [5, 5.41) is 0. The molecule has 0 aromatic heterocycles. The predicted octanol–water partition coefficient (Wildman–Crippen LogP) is 2.78. The van der Waals surface area contributed by atoms with Crippen LogP contribution in [0.3, 0.4) is 0 Å². The van der Waals surface area contributed by atoms with Crippen molar-refractivity contribution in [2.45, 2.75) is 25.1 Å². The molecule has 0 radical (unpaired) electrons. The van der Waals surface area contributed by atoms with Crippen molar-refractivity contribution < 1.29 is 27.0 Å². The van der Waals surface area contributed by atoms with Crippen LogP contribution < -0.4 is 0 Å². The van der Waals surface area contributed by atoms with Crippen molar-refractivity contribution in [2.24, 2.45) is 0 Å². The van der Waals surface area contributed by atoms with Crippen LogP contribution in [0.5, 0.6) is 0 Å². The molecule has 6 heteroatoms. The van der Waals surface area contributed by atoms with Gasteiger partial charge in [0.05, 0.1) is 0 Å². The van der Waals surface area contributed by atoms with E-state index in [9.17, 15) is 17.6 Å². The molecule has 0 saturated heterocycles. The van der Waals surface area contributed by atoms with Crippen LogP contribution in [0.25, 0.3) is 0 Å². The van der Waals surface area contributed by atoms with Gasteiger partial charge in [0.15, 0.2) is 5.76 Å². The van der Waals surface area contributed by atoms with Gasteiger partial charge in [-0.05, 0) is 12.5 Å². The third-order valence-corrected chi connectivity index (χ3v) is 1.91. The van der Waals surface area contributed by atoms with E-state index in [2.05, 4.69) is 9.47 Å². The van der Waals surface area contributed by atoms with Crippen molar-refractivity contribution in [2.75, 3.05) is 0 Å². The van der Waals surface area contributed by atoms with E-state index in [-0.39, 0.29) is 17.9 Å². The van der Waals surface area contributed by atoms with Crippen molar-refractivity contribution in [3.05, 3.63) is 23.7 Å². The molecule has 2 nitrogen and oxygen atoms in total. The van der Waals surface area contributed by atoms with Gasteiger partial charge in [0, 0.05) is 6.42 Å². The number of alkyl halides is 4. The minimum atomic E-state index is -4.60. The summed E-state index contributed by atoms with van der Waals surface area (Å²) in [6.45, 7) is 0. The average Bonchev–Trinajstić information content (AvgIpc) is 2.05. The first-order chi connectivity index (χ1) is 6.42. The second-order valence-electron chi connectivity index (χ2n) is 2.97. The van der Waals surface area contributed by atoms with Crippen LogP contribution in [0, 0.1) is 0 Å². The number of rotatable bonds is 0. The van der Waals surface area contributed by atoms with Gasteiger partial charge in [-0.1, -0.05) is 6.08 Å². The lowest BCUT2D eigenvalue weighted by atomic mass is 10.1. The van der Waals surface area contributed by atoms with Crippen molar-refractivity contribution in [1.29, 1.82) is 0 Å². The molecule has 78 valence electrons. The van der Waals surface area contributed by atoms with Gasteiger partial charge in [-0.15, -0.1) is 0 Å². The van der Waals surface area contributed by atoms with E-state index < -0.39 is 12.2 Å². The van der Waals surface area contributed by atoms with Crippen molar-refractivity contribution >= 4 is 0 Å². The Morgan fingerprint density at radius 2 is 1.71 bits per heavy atom. The molecule has 0 aromatic carbocycles. The summed E-state index contributed by atoms with van der Waals surface area (Å²) < 4.78 is 58.2. The van der Waals surface area contributed by atoms with E-state index in [0.717, 1.165) is 0 Å². The molecular formula is C8H6F4O2. The molecule has 1 aliphatic carbocycles. The van der Waals surface area contributed by atoms with Crippen LogP contribution in [-0.4, -0.2) is 12.2 Å². The lowest BCUT2D eigenvalue weighted by molar-refractivity contribution is -0.426. The number of allylic oxidation sites excluding steroid dienone is 3. The molecule has 2 rings (SSSR count). The number of hydrogen-bond acceptors (Lipinski definition) is 2. The molecule has 14 heavy (non-hydrogen) atoms. The van der Waals surface area contributed by atoms with Gasteiger partial charge in [-0.2, -0.15) is 17.6 Å². The molecule has 1 heterocycles. The summed E-state index contributed by atoms with van der Waals surface area (Å²) in [6, 6.07) is 0. The van der Waals surface area contributed by atoms with Crippen LogP contribution in [0.15, 0.2) is 23.7 Å². The van der Waals surface area contributed by atoms with Gasteiger partial charge in [0.1, 0.15) is 5.76 Å². The Bertz CT molecular complexity index is 319. The van der Waals surface area contributed by atoms with E-state index in [1.54, 1.807) is 6.08 Å². The topological polar surface area (TPSA) is 18.5 Å². The Hall–Kier alpha value is -1.20. The highest BCUT2D eigenvalue weighted by atomic mass is 19.3. The predicted molar refractivity (Wildman–Crippen MR) is 37.5 cm³/mol. The normalized spacial score (nSPS) is 27.7. The molecule has 0 bridgehead atoms. The van der Waals surface area contributed by atoms with Crippen molar-refractivity contribution in [1.82, 2.24) is 0 Å². The van der Waals surface area contributed by atoms with Crippen LogP contribution in [0.2, 0.25) is 0 Å². The molecule has 0 aromatic rings. The molecular weight excluding hydrogens is 204 g/mol.